The minimum atomic E-state index is -0.818. The molecule has 4 rings (SSSR count). The molecule has 0 atom stereocenters. The molecule has 0 spiro atoms. The highest BCUT2D eigenvalue weighted by Crippen LogP contribution is 2.37. The molecule has 13 heteroatoms. The standard InChI is InChI=1S/C28H23BrF2N4O6/c1-2-40-23-13-16(11-19(29)26(23)41-15-25(37)32-18-9-7-17(30)8-10-18)12-22-27(38)35(28(39)34-22)14-24(36)33-21-6-4-3-5-20(21)31/h3-13H,2,14-15H2,1H3,(H,32,37)(H,33,36)(H,34,39)/b22-12+. The number of para-hydroxylation sites is 1. The van der Waals surface area contributed by atoms with Gasteiger partial charge in [-0.2, -0.15) is 0 Å². The van der Waals surface area contributed by atoms with Gasteiger partial charge in [0.05, 0.1) is 16.8 Å². The van der Waals surface area contributed by atoms with Gasteiger partial charge in [0.15, 0.2) is 18.1 Å². The minimum absolute atomic E-state index is 0.0798. The van der Waals surface area contributed by atoms with Gasteiger partial charge in [-0.25, -0.2) is 18.5 Å². The summed E-state index contributed by atoms with van der Waals surface area (Å²) >= 11 is 3.38. The first-order valence-electron chi connectivity index (χ1n) is 12.2. The summed E-state index contributed by atoms with van der Waals surface area (Å²) in [5.41, 5.74) is 0.650. The van der Waals surface area contributed by atoms with Crippen molar-refractivity contribution >= 4 is 57.1 Å². The van der Waals surface area contributed by atoms with Crippen LogP contribution in [0.5, 0.6) is 11.5 Å². The van der Waals surface area contributed by atoms with E-state index in [-0.39, 0.29) is 36.1 Å². The quantitative estimate of drug-likeness (QED) is 0.221. The molecular formula is C28H23BrF2N4O6. The molecule has 1 aliphatic rings. The number of hydrogen-bond acceptors (Lipinski definition) is 6. The summed E-state index contributed by atoms with van der Waals surface area (Å²) in [6.45, 7) is 0.992. The van der Waals surface area contributed by atoms with E-state index in [1.54, 1.807) is 19.1 Å². The Balaban J connectivity index is 1.45. The van der Waals surface area contributed by atoms with Gasteiger partial charge in [-0.3, -0.25) is 14.4 Å². The molecule has 0 saturated carbocycles. The summed E-state index contributed by atoms with van der Waals surface area (Å²) in [5, 5.41) is 7.33. The monoisotopic (exact) mass is 628 g/mol. The Morgan fingerprint density at radius 2 is 1.73 bits per heavy atom. The van der Waals surface area contributed by atoms with Crippen molar-refractivity contribution < 1.29 is 37.4 Å². The minimum Gasteiger partial charge on any atom is -0.490 e. The number of ether oxygens (including phenoxy) is 2. The van der Waals surface area contributed by atoms with Crippen molar-refractivity contribution in [3.8, 4) is 11.5 Å². The number of imide groups is 1. The second kappa shape index (κ2) is 13.0. The van der Waals surface area contributed by atoms with Crippen LogP contribution < -0.4 is 25.4 Å². The van der Waals surface area contributed by atoms with Crippen molar-refractivity contribution in [1.29, 1.82) is 0 Å². The van der Waals surface area contributed by atoms with E-state index in [2.05, 4.69) is 31.9 Å². The second-order valence-electron chi connectivity index (χ2n) is 8.51. The molecule has 0 radical (unpaired) electrons. The smallest absolute Gasteiger partial charge is 0.329 e. The summed E-state index contributed by atoms with van der Waals surface area (Å²) in [6, 6.07) is 13.1. The maximum absolute atomic E-state index is 13.8. The molecule has 1 fully saturated rings. The van der Waals surface area contributed by atoms with Gasteiger partial charge in [0.1, 0.15) is 23.9 Å². The van der Waals surface area contributed by atoms with Crippen LogP contribution in [0.3, 0.4) is 0 Å². The van der Waals surface area contributed by atoms with E-state index in [1.165, 1.54) is 48.5 Å². The van der Waals surface area contributed by atoms with E-state index < -0.39 is 41.9 Å². The van der Waals surface area contributed by atoms with Gasteiger partial charge in [-0.1, -0.05) is 12.1 Å². The summed E-state index contributed by atoms with van der Waals surface area (Å²) in [4.78, 5) is 50.6. The maximum Gasteiger partial charge on any atom is 0.329 e. The van der Waals surface area contributed by atoms with Crippen LogP contribution in [0.15, 0.2) is 70.8 Å². The highest BCUT2D eigenvalue weighted by atomic mass is 79.9. The predicted octanol–water partition coefficient (Wildman–Crippen LogP) is 4.67. The molecule has 5 amide bonds. The molecule has 3 N–H and O–H groups in total. The summed E-state index contributed by atoms with van der Waals surface area (Å²) in [7, 11) is 0. The summed E-state index contributed by atoms with van der Waals surface area (Å²) < 4.78 is 38.6. The number of urea groups is 1. The van der Waals surface area contributed by atoms with E-state index in [4.69, 9.17) is 9.47 Å². The molecule has 1 heterocycles. The first-order chi connectivity index (χ1) is 19.6. The lowest BCUT2D eigenvalue weighted by Crippen LogP contribution is -2.38. The highest BCUT2D eigenvalue weighted by Gasteiger charge is 2.35. The average molecular weight is 629 g/mol. The zero-order chi connectivity index (χ0) is 29.5. The van der Waals surface area contributed by atoms with Crippen LogP contribution in [-0.2, 0) is 14.4 Å². The number of carbonyl (C=O) groups is 4. The maximum atomic E-state index is 13.8. The third-order valence-electron chi connectivity index (χ3n) is 5.53. The van der Waals surface area contributed by atoms with Crippen LogP contribution in [0.25, 0.3) is 6.08 Å². The van der Waals surface area contributed by atoms with Crippen LogP contribution in [0, 0.1) is 11.6 Å². The first-order valence-corrected chi connectivity index (χ1v) is 13.0. The number of benzene rings is 3. The summed E-state index contributed by atoms with van der Waals surface area (Å²) in [5.74, 6) is -2.63. The second-order valence-corrected chi connectivity index (χ2v) is 9.37. The van der Waals surface area contributed by atoms with E-state index >= 15 is 0 Å². The molecule has 0 bridgehead atoms. The van der Waals surface area contributed by atoms with Crippen molar-refractivity contribution in [2.45, 2.75) is 6.92 Å². The molecule has 212 valence electrons. The number of halogens is 3. The molecule has 0 unspecified atom stereocenters. The van der Waals surface area contributed by atoms with Crippen molar-refractivity contribution in [3.05, 3.63) is 88.0 Å². The van der Waals surface area contributed by atoms with Gasteiger partial charge in [0.25, 0.3) is 11.8 Å². The Kier molecular flexibility index (Phi) is 9.30. The normalized spacial score (nSPS) is 13.7. The molecule has 0 aliphatic carbocycles. The summed E-state index contributed by atoms with van der Waals surface area (Å²) in [6.07, 6.45) is 1.38. The highest BCUT2D eigenvalue weighted by molar-refractivity contribution is 9.10. The van der Waals surface area contributed by atoms with Gasteiger partial charge >= 0.3 is 6.03 Å². The van der Waals surface area contributed by atoms with Gasteiger partial charge in [-0.15, -0.1) is 0 Å². The van der Waals surface area contributed by atoms with Crippen LogP contribution >= 0.6 is 15.9 Å². The van der Waals surface area contributed by atoms with E-state index in [0.717, 1.165) is 6.07 Å². The molecule has 1 saturated heterocycles. The zero-order valence-corrected chi connectivity index (χ0v) is 23.1. The molecule has 0 aromatic heterocycles. The predicted molar refractivity (Wildman–Crippen MR) is 149 cm³/mol. The third kappa shape index (κ3) is 7.45. The number of amides is 5. The largest absolute Gasteiger partial charge is 0.490 e. The Labute approximate surface area is 241 Å². The Hall–Kier alpha value is -4.78. The van der Waals surface area contributed by atoms with E-state index in [1.807, 2.05) is 0 Å². The van der Waals surface area contributed by atoms with Crippen LogP contribution in [0.2, 0.25) is 0 Å². The molecule has 3 aromatic carbocycles. The number of hydrogen-bond donors (Lipinski definition) is 3. The van der Waals surface area contributed by atoms with E-state index in [0.29, 0.717) is 20.6 Å². The average Bonchev–Trinajstić information content (AvgIpc) is 3.18. The van der Waals surface area contributed by atoms with Crippen LogP contribution in [0.1, 0.15) is 12.5 Å². The molecule has 41 heavy (non-hydrogen) atoms. The molecule has 10 nitrogen and oxygen atoms in total. The number of nitrogens with one attached hydrogen (secondary N) is 3. The third-order valence-corrected chi connectivity index (χ3v) is 6.12. The SMILES string of the molecule is CCOc1cc(/C=C2/NC(=O)N(CC(=O)Nc3ccccc3F)C2=O)cc(Br)c1OCC(=O)Nc1ccc(F)cc1. The lowest BCUT2D eigenvalue weighted by molar-refractivity contribution is -0.127. The molecule has 3 aromatic rings. The molecular weight excluding hydrogens is 606 g/mol. The van der Waals surface area contributed by atoms with E-state index in [9.17, 15) is 28.0 Å². The number of carbonyl (C=O) groups excluding carboxylic acids is 4. The molecule has 1 aliphatic heterocycles. The van der Waals surface area contributed by atoms with Crippen molar-refractivity contribution in [2.24, 2.45) is 0 Å². The Morgan fingerprint density at radius 3 is 2.44 bits per heavy atom. The van der Waals surface area contributed by atoms with Crippen LogP contribution in [-0.4, -0.2) is 48.4 Å². The Morgan fingerprint density at radius 1 is 1.00 bits per heavy atom. The van der Waals surface area contributed by atoms with Gasteiger partial charge in [-0.05, 0) is 83.0 Å². The van der Waals surface area contributed by atoms with Gasteiger partial charge in [0.2, 0.25) is 5.91 Å². The van der Waals surface area contributed by atoms with Gasteiger partial charge in [0, 0.05) is 5.69 Å². The van der Waals surface area contributed by atoms with Crippen molar-refractivity contribution in [2.75, 3.05) is 30.4 Å². The lowest BCUT2D eigenvalue weighted by Gasteiger charge is -2.15. The van der Waals surface area contributed by atoms with Crippen LogP contribution in [0.4, 0.5) is 25.0 Å². The van der Waals surface area contributed by atoms with Gasteiger partial charge < -0.3 is 25.4 Å². The topological polar surface area (TPSA) is 126 Å². The van der Waals surface area contributed by atoms with Crippen molar-refractivity contribution in [1.82, 2.24) is 10.2 Å². The Bertz CT molecular complexity index is 1530. The number of anilines is 2. The fourth-order valence-electron chi connectivity index (χ4n) is 3.72. The first kappa shape index (κ1) is 29.2. The number of rotatable bonds is 10. The fraction of sp³-hybridized carbons (Fsp3) is 0.143. The fourth-order valence-corrected chi connectivity index (χ4v) is 4.29. The van der Waals surface area contributed by atoms with Crippen molar-refractivity contribution in [3.63, 3.8) is 0 Å². The number of nitrogens with zero attached hydrogens (tertiary/aromatic N) is 1. The zero-order valence-electron chi connectivity index (χ0n) is 21.5. The lowest BCUT2D eigenvalue weighted by atomic mass is 10.1.